The van der Waals surface area contributed by atoms with E-state index in [0.717, 1.165) is 5.56 Å². The van der Waals surface area contributed by atoms with E-state index >= 15 is 0 Å². The molecule has 2 aromatic heterocycles. The Labute approximate surface area is 168 Å². The Bertz CT molecular complexity index is 1270. The van der Waals surface area contributed by atoms with Crippen molar-refractivity contribution in [3.63, 3.8) is 0 Å². The van der Waals surface area contributed by atoms with Crippen LogP contribution in [0, 0.1) is 6.92 Å². The summed E-state index contributed by atoms with van der Waals surface area (Å²) in [7, 11) is 1.41. The zero-order valence-corrected chi connectivity index (χ0v) is 16.0. The molecule has 2 aromatic carbocycles. The van der Waals surface area contributed by atoms with Gasteiger partial charge in [-0.05, 0) is 37.3 Å². The summed E-state index contributed by atoms with van der Waals surface area (Å²) in [6, 6.07) is 9.27. The van der Waals surface area contributed by atoms with Gasteiger partial charge < -0.3 is 19.8 Å². The number of hydrogen-bond donors (Lipinski definition) is 3. The molecule has 3 N–H and O–H groups in total. The monoisotopic (exact) mass is 413 g/mol. The van der Waals surface area contributed by atoms with Crippen LogP contribution in [0.4, 0.5) is 31.9 Å². The molecule has 0 bridgehead atoms. The van der Waals surface area contributed by atoms with E-state index in [0.29, 0.717) is 34.0 Å². The van der Waals surface area contributed by atoms with Gasteiger partial charge in [0, 0.05) is 34.8 Å². The Morgan fingerprint density at radius 3 is 2.73 bits per heavy atom. The number of nitrogens with zero attached hydrogens (tertiary/aromatic N) is 2. The summed E-state index contributed by atoms with van der Waals surface area (Å²) in [6.45, 7) is 1.82. The number of nitrogens with one attached hydrogen (secondary N) is 3. The maximum atomic E-state index is 13.1. The van der Waals surface area contributed by atoms with Crippen molar-refractivity contribution in [1.29, 1.82) is 0 Å². The van der Waals surface area contributed by atoms with E-state index < -0.39 is 12.2 Å². The lowest BCUT2D eigenvalue weighted by Gasteiger charge is -2.12. The van der Waals surface area contributed by atoms with E-state index in [4.69, 9.17) is 9.15 Å². The lowest BCUT2D eigenvalue weighted by Crippen LogP contribution is -2.03. The van der Waals surface area contributed by atoms with Gasteiger partial charge in [0.05, 0.1) is 12.6 Å². The third-order valence-electron chi connectivity index (χ3n) is 4.33. The normalized spacial score (nSPS) is 11.1. The number of anilines is 4. The number of halogens is 2. The molecule has 0 aliphatic carbocycles. The molecule has 0 fully saturated rings. The summed E-state index contributed by atoms with van der Waals surface area (Å²) < 4.78 is 36.3. The predicted octanol–water partition coefficient (Wildman–Crippen LogP) is 4.65. The Hall–Kier alpha value is -3.95. The Balaban J connectivity index is 1.61. The van der Waals surface area contributed by atoms with E-state index in [9.17, 15) is 13.6 Å². The molecule has 0 amide bonds. The van der Waals surface area contributed by atoms with E-state index in [-0.39, 0.29) is 11.5 Å². The van der Waals surface area contributed by atoms with Crippen LogP contribution in [-0.2, 0) is 0 Å². The molecular formula is C20H17F2N5O3. The van der Waals surface area contributed by atoms with Gasteiger partial charge in [-0.25, -0.2) is 18.6 Å². The van der Waals surface area contributed by atoms with Gasteiger partial charge in [-0.15, -0.1) is 0 Å². The second kappa shape index (κ2) is 7.82. The van der Waals surface area contributed by atoms with Gasteiger partial charge >= 0.3 is 5.76 Å². The number of ether oxygens (including phenoxy) is 1. The van der Waals surface area contributed by atoms with Crippen molar-refractivity contribution in [1.82, 2.24) is 15.0 Å². The number of aromatic nitrogens is 3. The number of benzene rings is 2. The molecule has 0 aliphatic rings. The fourth-order valence-electron chi connectivity index (χ4n) is 2.86. The number of fused-ring (bicyclic) bond motifs is 1. The number of rotatable bonds is 6. The molecule has 0 radical (unpaired) electrons. The van der Waals surface area contributed by atoms with Crippen LogP contribution in [0.25, 0.3) is 11.1 Å². The first-order valence-electron chi connectivity index (χ1n) is 8.89. The fraction of sp³-hybridized carbons (Fsp3) is 0.150. The summed E-state index contributed by atoms with van der Waals surface area (Å²) >= 11 is 0. The van der Waals surface area contributed by atoms with Gasteiger partial charge in [0.15, 0.2) is 5.58 Å². The van der Waals surface area contributed by atoms with Crippen LogP contribution < -0.4 is 21.1 Å². The number of oxazole rings is 1. The summed E-state index contributed by atoms with van der Waals surface area (Å²) in [5.41, 5.74) is 2.63. The average molecular weight is 413 g/mol. The van der Waals surface area contributed by atoms with Crippen molar-refractivity contribution in [2.24, 2.45) is 0 Å². The number of H-pyrrole nitrogens is 1. The molecule has 154 valence electrons. The van der Waals surface area contributed by atoms with Crippen LogP contribution in [0.3, 0.4) is 0 Å². The van der Waals surface area contributed by atoms with Gasteiger partial charge in [-0.2, -0.15) is 4.98 Å². The third-order valence-corrected chi connectivity index (χ3v) is 4.33. The molecule has 0 spiro atoms. The highest BCUT2D eigenvalue weighted by atomic mass is 19.3. The van der Waals surface area contributed by atoms with E-state index in [2.05, 4.69) is 25.6 Å². The molecule has 0 saturated heterocycles. The lowest BCUT2D eigenvalue weighted by atomic mass is 10.2. The predicted molar refractivity (Wildman–Crippen MR) is 108 cm³/mol. The number of hydrogen-bond acceptors (Lipinski definition) is 7. The van der Waals surface area contributed by atoms with Crippen molar-refractivity contribution >= 4 is 34.2 Å². The molecule has 0 saturated carbocycles. The largest absolute Gasteiger partial charge is 0.497 e. The first-order valence-corrected chi connectivity index (χ1v) is 8.89. The fourth-order valence-corrected chi connectivity index (χ4v) is 2.86. The van der Waals surface area contributed by atoms with E-state index in [1.807, 2.05) is 6.92 Å². The molecule has 4 aromatic rings. The molecule has 4 rings (SSSR count). The van der Waals surface area contributed by atoms with Crippen molar-refractivity contribution in [2.75, 3.05) is 17.7 Å². The molecular weight excluding hydrogens is 396 g/mol. The molecule has 0 unspecified atom stereocenters. The number of methoxy groups -OCH3 is 1. The lowest BCUT2D eigenvalue weighted by molar-refractivity contribution is 0.151. The van der Waals surface area contributed by atoms with Crippen LogP contribution in [0.5, 0.6) is 5.75 Å². The standard InChI is InChI=1S/C20H17F2N5O3/c1-10-9-23-19(25-13-5-11(17(21)22)6-14(7-13)29-2)27-18(10)24-12-3-4-16-15(8-12)26-20(28)30-16/h3-9,17H,1-2H3,(H,26,28)(H2,23,24,25,27). The van der Waals surface area contributed by atoms with Gasteiger partial charge in [0.2, 0.25) is 5.95 Å². The second-order valence-corrected chi connectivity index (χ2v) is 6.50. The van der Waals surface area contributed by atoms with Crippen LogP contribution >= 0.6 is 0 Å². The highest BCUT2D eigenvalue weighted by Crippen LogP contribution is 2.29. The van der Waals surface area contributed by atoms with Crippen LogP contribution in [0.1, 0.15) is 17.6 Å². The van der Waals surface area contributed by atoms with Gasteiger partial charge in [0.1, 0.15) is 11.6 Å². The molecule has 0 aliphatic heterocycles. The second-order valence-electron chi connectivity index (χ2n) is 6.50. The molecule has 8 nitrogen and oxygen atoms in total. The van der Waals surface area contributed by atoms with Crippen LogP contribution in [0.15, 0.2) is 51.8 Å². The minimum atomic E-state index is -2.64. The summed E-state index contributed by atoms with van der Waals surface area (Å²) in [5.74, 6) is 0.487. The highest BCUT2D eigenvalue weighted by Gasteiger charge is 2.12. The average Bonchev–Trinajstić information content (AvgIpc) is 3.09. The van der Waals surface area contributed by atoms with Gasteiger partial charge in [-0.1, -0.05) is 0 Å². The molecule has 0 atom stereocenters. The third kappa shape index (κ3) is 4.07. The SMILES string of the molecule is COc1cc(Nc2ncc(C)c(Nc3ccc4oc(=O)[nH]c4c3)n2)cc(C(F)F)c1. The minimum Gasteiger partial charge on any atom is -0.497 e. The van der Waals surface area contributed by atoms with Crippen molar-refractivity contribution in [3.05, 3.63) is 64.3 Å². The van der Waals surface area contributed by atoms with E-state index in [1.165, 1.54) is 19.2 Å². The number of aryl methyl sites for hydroxylation is 1. The Morgan fingerprint density at radius 2 is 1.97 bits per heavy atom. The minimum absolute atomic E-state index is 0.176. The zero-order chi connectivity index (χ0) is 21.3. The van der Waals surface area contributed by atoms with Gasteiger partial charge in [0.25, 0.3) is 6.43 Å². The van der Waals surface area contributed by atoms with Crippen molar-refractivity contribution < 1.29 is 17.9 Å². The quantitative estimate of drug-likeness (QED) is 0.422. The first kappa shape index (κ1) is 19.4. The summed E-state index contributed by atoms with van der Waals surface area (Å²) in [4.78, 5) is 22.5. The van der Waals surface area contributed by atoms with Crippen molar-refractivity contribution in [3.8, 4) is 5.75 Å². The van der Waals surface area contributed by atoms with Gasteiger partial charge in [-0.3, -0.25) is 4.98 Å². The van der Waals surface area contributed by atoms with E-state index in [1.54, 1.807) is 30.5 Å². The Morgan fingerprint density at radius 1 is 1.13 bits per heavy atom. The Kier molecular flexibility index (Phi) is 5.05. The molecule has 10 heteroatoms. The summed E-state index contributed by atoms with van der Waals surface area (Å²) in [6.07, 6.45) is -1.04. The smallest absolute Gasteiger partial charge is 0.417 e. The molecule has 2 heterocycles. The number of aromatic amines is 1. The summed E-state index contributed by atoms with van der Waals surface area (Å²) in [5, 5.41) is 6.07. The number of alkyl halides is 2. The first-order chi connectivity index (χ1) is 14.4. The van der Waals surface area contributed by atoms with Crippen LogP contribution in [0.2, 0.25) is 0 Å². The highest BCUT2D eigenvalue weighted by molar-refractivity contribution is 5.78. The zero-order valence-electron chi connectivity index (χ0n) is 16.0. The topological polar surface area (TPSA) is 105 Å². The van der Waals surface area contributed by atoms with Crippen molar-refractivity contribution in [2.45, 2.75) is 13.3 Å². The maximum absolute atomic E-state index is 13.1. The molecule has 30 heavy (non-hydrogen) atoms. The maximum Gasteiger partial charge on any atom is 0.417 e. The van der Waals surface area contributed by atoms with Crippen LogP contribution in [-0.4, -0.2) is 22.1 Å².